The van der Waals surface area contributed by atoms with Crippen LogP contribution in [-0.2, 0) is 4.79 Å². The lowest BCUT2D eigenvalue weighted by atomic mass is 10.0. The summed E-state index contributed by atoms with van der Waals surface area (Å²) in [7, 11) is 0. The smallest absolute Gasteiger partial charge is 0.251 e. The maximum absolute atomic E-state index is 13.2. The number of pyridine rings is 1. The van der Waals surface area contributed by atoms with Gasteiger partial charge in [-0.25, -0.2) is 4.98 Å². The van der Waals surface area contributed by atoms with Crippen molar-refractivity contribution in [2.24, 2.45) is 5.92 Å². The summed E-state index contributed by atoms with van der Waals surface area (Å²) in [5, 5.41) is 6.19. The average molecular weight is 445 g/mol. The quantitative estimate of drug-likeness (QED) is 0.495. The van der Waals surface area contributed by atoms with Crippen molar-refractivity contribution in [2.45, 2.75) is 19.8 Å². The molecule has 0 atom stereocenters. The van der Waals surface area contributed by atoms with Gasteiger partial charge >= 0.3 is 0 Å². The molecule has 1 aromatic carbocycles. The Hall–Kier alpha value is -2.90. The monoisotopic (exact) mass is 444 g/mol. The van der Waals surface area contributed by atoms with E-state index in [1.54, 1.807) is 25.4 Å². The van der Waals surface area contributed by atoms with E-state index in [9.17, 15) is 14.4 Å². The molecule has 2 amide bonds. The molecular formula is C21H18Cl2N4O3. The van der Waals surface area contributed by atoms with Crippen LogP contribution in [0.25, 0.3) is 10.9 Å². The number of H-pyrrole nitrogens is 1. The third kappa shape index (κ3) is 3.91. The number of hydrogen-bond acceptors (Lipinski definition) is 4. The summed E-state index contributed by atoms with van der Waals surface area (Å²) < 4.78 is 0. The largest absolute Gasteiger partial charge is 0.359 e. The van der Waals surface area contributed by atoms with Crippen molar-refractivity contribution in [3.8, 4) is 0 Å². The molecule has 2 heterocycles. The maximum Gasteiger partial charge on any atom is 0.251 e. The Bertz CT molecular complexity index is 1160. The van der Waals surface area contributed by atoms with Crippen molar-refractivity contribution in [3.63, 3.8) is 0 Å². The highest BCUT2D eigenvalue weighted by atomic mass is 35.5. The first-order valence-electron chi connectivity index (χ1n) is 9.49. The Morgan fingerprint density at radius 3 is 2.50 bits per heavy atom. The second-order valence-electron chi connectivity index (χ2n) is 7.08. The molecule has 4 rings (SSSR count). The molecule has 1 fully saturated rings. The number of carbonyl (C=O) groups is 3. The minimum Gasteiger partial charge on any atom is -0.359 e. The number of carbonyl (C=O) groups excluding carboxylic acids is 3. The van der Waals surface area contributed by atoms with Crippen molar-refractivity contribution in [2.75, 3.05) is 11.9 Å². The van der Waals surface area contributed by atoms with Gasteiger partial charge in [0.05, 0.1) is 27.3 Å². The first-order chi connectivity index (χ1) is 14.4. The molecule has 7 nitrogen and oxygen atoms in total. The van der Waals surface area contributed by atoms with Gasteiger partial charge < -0.3 is 15.6 Å². The molecule has 0 aliphatic heterocycles. The summed E-state index contributed by atoms with van der Waals surface area (Å²) in [4.78, 5) is 44.5. The maximum atomic E-state index is 13.2. The summed E-state index contributed by atoms with van der Waals surface area (Å²) in [6.07, 6.45) is 4.86. The highest BCUT2D eigenvalue weighted by Gasteiger charge is 2.30. The number of benzene rings is 1. The fourth-order valence-electron chi connectivity index (χ4n) is 3.17. The van der Waals surface area contributed by atoms with E-state index in [1.165, 1.54) is 12.1 Å². The van der Waals surface area contributed by atoms with Gasteiger partial charge in [-0.1, -0.05) is 23.2 Å². The van der Waals surface area contributed by atoms with E-state index in [0.717, 1.165) is 12.8 Å². The van der Waals surface area contributed by atoms with Crippen LogP contribution in [0.4, 0.5) is 5.82 Å². The van der Waals surface area contributed by atoms with Crippen LogP contribution in [0, 0.1) is 5.92 Å². The zero-order chi connectivity index (χ0) is 21.4. The van der Waals surface area contributed by atoms with Gasteiger partial charge in [-0.15, -0.1) is 0 Å². The normalized spacial score (nSPS) is 13.3. The van der Waals surface area contributed by atoms with Crippen LogP contribution >= 0.6 is 23.2 Å². The fraction of sp³-hybridized carbons (Fsp3) is 0.238. The standard InChI is InChI=1S/C21H18Cl2N4O3/c1-2-24-20(29)11-5-14(22)18(15(23)6-11)19(28)13-8-25-16-9-26-17(7-12(13)16)27-21(30)10-3-4-10/h5-10,25H,2-4H2,1H3,(H,24,29)(H,26,27,30). The van der Waals surface area contributed by atoms with Gasteiger partial charge in [0.1, 0.15) is 5.82 Å². The van der Waals surface area contributed by atoms with Crippen LogP contribution in [0.2, 0.25) is 10.0 Å². The number of fused-ring (bicyclic) bond motifs is 1. The number of anilines is 1. The Kier molecular flexibility index (Phi) is 5.49. The number of nitrogens with one attached hydrogen (secondary N) is 3. The number of hydrogen-bond donors (Lipinski definition) is 3. The molecule has 1 aliphatic rings. The van der Waals surface area contributed by atoms with Crippen molar-refractivity contribution >= 4 is 57.5 Å². The number of aromatic amines is 1. The second kappa shape index (κ2) is 8.08. The number of halogens is 2. The van der Waals surface area contributed by atoms with E-state index >= 15 is 0 Å². The predicted molar refractivity (Wildman–Crippen MR) is 115 cm³/mol. The molecule has 30 heavy (non-hydrogen) atoms. The molecule has 154 valence electrons. The molecule has 3 N–H and O–H groups in total. The summed E-state index contributed by atoms with van der Waals surface area (Å²) in [5.41, 5.74) is 1.35. The zero-order valence-corrected chi connectivity index (χ0v) is 17.5. The van der Waals surface area contributed by atoms with Crippen LogP contribution in [0.5, 0.6) is 0 Å². The molecule has 3 aromatic rings. The van der Waals surface area contributed by atoms with Crippen molar-refractivity contribution in [3.05, 3.63) is 57.3 Å². The van der Waals surface area contributed by atoms with Gasteiger partial charge in [0, 0.05) is 35.2 Å². The lowest BCUT2D eigenvalue weighted by molar-refractivity contribution is -0.117. The van der Waals surface area contributed by atoms with E-state index in [4.69, 9.17) is 23.2 Å². The van der Waals surface area contributed by atoms with E-state index in [1.807, 2.05) is 0 Å². The first-order valence-corrected chi connectivity index (χ1v) is 10.2. The predicted octanol–water partition coefficient (Wildman–Crippen LogP) is 4.20. The van der Waals surface area contributed by atoms with Gasteiger partial charge in [-0.2, -0.15) is 0 Å². The third-order valence-electron chi connectivity index (χ3n) is 4.88. The number of aromatic nitrogens is 2. The number of nitrogens with zero attached hydrogens (tertiary/aromatic N) is 1. The average Bonchev–Trinajstić information content (AvgIpc) is 3.47. The molecule has 0 radical (unpaired) electrons. The van der Waals surface area contributed by atoms with E-state index in [-0.39, 0.29) is 38.9 Å². The van der Waals surface area contributed by atoms with Crippen LogP contribution in [-0.4, -0.2) is 34.1 Å². The molecule has 0 unspecified atom stereocenters. The molecule has 0 spiro atoms. The summed E-state index contributed by atoms with van der Waals surface area (Å²) >= 11 is 12.6. The number of amides is 2. The SMILES string of the molecule is CCNC(=O)c1cc(Cl)c(C(=O)c2c[nH]c3cnc(NC(=O)C4CC4)cc23)c(Cl)c1. The second-order valence-corrected chi connectivity index (χ2v) is 7.90. The van der Waals surface area contributed by atoms with Gasteiger partial charge in [-0.3, -0.25) is 14.4 Å². The minimum absolute atomic E-state index is 0.0378. The van der Waals surface area contributed by atoms with Crippen LogP contribution in [0.15, 0.2) is 30.6 Å². The lowest BCUT2D eigenvalue weighted by Gasteiger charge is -2.09. The van der Waals surface area contributed by atoms with Gasteiger partial charge in [0.25, 0.3) is 5.91 Å². The van der Waals surface area contributed by atoms with Crippen molar-refractivity contribution in [1.29, 1.82) is 0 Å². The van der Waals surface area contributed by atoms with Crippen molar-refractivity contribution in [1.82, 2.24) is 15.3 Å². The van der Waals surface area contributed by atoms with Gasteiger partial charge in [0.2, 0.25) is 5.91 Å². The van der Waals surface area contributed by atoms with Crippen LogP contribution in [0.3, 0.4) is 0 Å². The molecule has 0 saturated heterocycles. The molecule has 1 saturated carbocycles. The Balaban J connectivity index is 1.69. The minimum atomic E-state index is -0.399. The number of ketones is 1. The fourth-order valence-corrected chi connectivity index (χ4v) is 3.83. The summed E-state index contributed by atoms with van der Waals surface area (Å²) in [6.45, 7) is 2.25. The molecule has 9 heteroatoms. The van der Waals surface area contributed by atoms with Crippen molar-refractivity contribution < 1.29 is 14.4 Å². The number of rotatable bonds is 6. The molecule has 0 bridgehead atoms. The van der Waals surface area contributed by atoms with E-state index < -0.39 is 5.78 Å². The van der Waals surface area contributed by atoms with Gasteiger partial charge in [-0.05, 0) is 38.0 Å². The zero-order valence-electron chi connectivity index (χ0n) is 16.0. The molecule has 1 aliphatic carbocycles. The van der Waals surface area contributed by atoms with E-state index in [2.05, 4.69) is 20.6 Å². The van der Waals surface area contributed by atoms with Crippen LogP contribution in [0.1, 0.15) is 46.0 Å². The summed E-state index contributed by atoms with van der Waals surface area (Å²) in [6, 6.07) is 4.48. The van der Waals surface area contributed by atoms with Crippen LogP contribution < -0.4 is 10.6 Å². The Morgan fingerprint density at radius 1 is 1.17 bits per heavy atom. The summed E-state index contributed by atoms with van der Waals surface area (Å²) in [5.74, 6) is -0.385. The highest BCUT2D eigenvalue weighted by Crippen LogP contribution is 2.33. The third-order valence-corrected chi connectivity index (χ3v) is 5.48. The van der Waals surface area contributed by atoms with E-state index in [0.29, 0.717) is 28.8 Å². The molecular weight excluding hydrogens is 427 g/mol. The highest BCUT2D eigenvalue weighted by molar-refractivity contribution is 6.42. The Morgan fingerprint density at radius 2 is 1.87 bits per heavy atom. The Labute approximate surface area is 182 Å². The topological polar surface area (TPSA) is 104 Å². The first kappa shape index (κ1) is 20.4. The lowest BCUT2D eigenvalue weighted by Crippen LogP contribution is -2.22. The van der Waals surface area contributed by atoms with Gasteiger partial charge in [0.15, 0.2) is 5.78 Å². The molecule has 2 aromatic heterocycles.